The monoisotopic (exact) mass is 474 g/mol. The van der Waals surface area contributed by atoms with E-state index in [0.717, 1.165) is 55.0 Å². The lowest BCUT2D eigenvalue weighted by atomic mass is 10.0. The Labute approximate surface area is 196 Å². The Morgan fingerprint density at radius 3 is 2.78 bits per heavy atom. The molecule has 6 nitrogen and oxygen atoms in total. The van der Waals surface area contributed by atoms with E-state index in [1.54, 1.807) is 6.07 Å². The first-order valence-electron chi connectivity index (χ1n) is 11.0. The van der Waals surface area contributed by atoms with Gasteiger partial charge < -0.3 is 4.90 Å². The molecule has 0 N–H and O–H groups in total. The van der Waals surface area contributed by atoms with Crippen molar-refractivity contribution in [3.05, 3.63) is 57.7 Å². The summed E-state index contributed by atoms with van der Waals surface area (Å²) in [6.07, 6.45) is 8.22. The summed E-state index contributed by atoms with van der Waals surface area (Å²) in [5.41, 5.74) is 4.21. The van der Waals surface area contributed by atoms with Crippen molar-refractivity contribution in [1.29, 1.82) is 0 Å². The van der Waals surface area contributed by atoms with Gasteiger partial charge in [-0.3, -0.25) is 9.58 Å². The van der Waals surface area contributed by atoms with E-state index >= 15 is 0 Å². The Hall–Kier alpha value is -2.22. The Kier molecular flexibility index (Phi) is 5.82. The summed E-state index contributed by atoms with van der Waals surface area (Å²) in [5, 5.41) is 14.1. The van der Waals surface area contributed by atoms with Crippen molar-refractivity contribution in [2.24, 2.45) is 0 Å². The molecule has 0 amide bonds. The molecular formula is C23H25Cl2FN6. The van der Waals surface area contributed by atoms with Crippen molar-refractivity contribution in [2.75, 3.05) is 25.0 Å². The van der Waals surface area contributed by atoms with Crippen LogP contribution in [0.4, 0.5) is 10.1 Å². The number of aromatic nitrogens is 4. The van der Waals surface area contributed by atoms with Crippen LogP contribution in [0.1, 0.15) is 49.7 Å². The van der Waals surface area contributed by atoms with Gasteiger partial charge in [-0.2, -0.15) is 10.2 Å². The van der Waals surface area contributed by atoms with Crippen molar-refractivity contribution in [2.45, 2.75) is 44.8 Å². The van der Waals surface area contributed by atoms with Gasteiger partial charge in [0.25, 0.3) is 0 Å². The van der Waals surface area contributed by atoms with Gasteiger partial charge in [-0.1, -0.05) is 23.2 Å². The number of aryl methyl sites for hydroxylation is 1. The van der Waals surface area contributed by atoms with Crippen LogP contribution in [0.15, 0.2) is 30.6 Å². The highest BCUT2D eigenvalue weighted by atomic mass is 35.5. The molecule has 0 spiro atoms. The molecule has 2 unspecified atom stereocenters. The van der Waals surface area contributed by atoms with E-state index in [1.807, 2.05) is 24.0 Å². The number of halogens is 3. The Balaban J connectivity index is 1.49. The normalized spacial score (nSPS) is 19.9. The molecule has 2 aliphatic rings. The van der Waals surface area contributed by atoms with Crippen LogP contribution in [-0.2, 0) is 6.42 Å². The second-order valence-electron chi connectivity index (χ2n) is 8.60. The SMILES string of the molecule is CC(c1c(Cl)ccc(F)c1Cl)N1CCCc2nnc(-c3cnn(C4CCCN4C)c3)cc21. The van der Waals surface area contributed by atoms with Crippen molar-refractivity contribution in [3.8, 4) is 11.3 Å². The van der Waals surface area contributed by atoms with Crippen LogP contribution in [0.25, 0.3) is 11.3 Å². The number of rotatable bonds is 4. The molecule has 168 valence electrons. The third kappa shape index (κ3) is 3.76. The maximum absolute atomic E-state index is 14.2. The molecule has 0 saturated carbocycles. The fourth-order valence-corrected chi connectivity index (χ4v) is 5.54. The lowest BCUT2D eigenvalue weighted by molar-refractivity contribution is 0.220. The smallest absolute Gasteiger partial charge is 0.142 e. The number of hydrogen-bond donors (Lipinski definition) is 0. The molecule has 2 aliphatic heterocycles. The van der Waals surface area contributed by atoms with E-state index in [9.17, 15) is 4.39 Å². The van der Waals surface area contributed by atoms with E-state index in [1.165, 1.54) is 12.5 Å². The molecule has 3 aromatic rings. The highest BCUT2D eigenvalue weighted by molar-refractivity contribution is 6.36. The van der Waals surface area contributed by atoms with Gasteiger partial charge in [0.1, 0.15) is 12.0 Å². The van der Waals surface area contributed by atoms with Crippen molar-refractivity contribution in [1.82, 2.24) is 24.9 Å². The van der Waals surface area contributed by atoms with Gasteiger partial charge >= 0.3 is 0 Å². The minimum atomic E-state index is -0.465. The molecule has 4 heterocycles. The zero-order valence-corrected chi connectivity index (χ0v) is 19.6. The summed E-state index contributed by atoms with van der Waals surface area (Å²) in [5.74, 6) is -0.465. The maximum atomic E-state index is 14.2. The first-order valence-corrected chi connectivity index (χ1v) is 11.7. The number of nitrogens with zero attached hydrogens (tertiary/aromatic N) is 6. The number of hydrogen-bond acceptors (Lipinski definition) is 5. The summed E-state index contributed by atoms with van der Waals surface area (Å²) < 4.78 is 16.2. The number of anilines is 1. The van der Waals surface area contributed by atoms with Crippen molar-refractivity contribution < 1.29 is 4.39 Å². The largest absolute Gasteiger partial charge is 0.363 e. The van der Waals surface area contributed by atoms with E-state index in [4.69, 9.17) is 23.2 Å². The highest BCUT2D eigenvalue weighted by Crippen LogP contribution is 2.40. The van der Waals surface area contributed by atoms with Crippen LogP contribution in [-0.4, -0.2) is 45.0 Å². The topological polar surface area (TPSA) is 50.1 Å². The maximum Gasteiger partial charge on any atom is 0.142 e. The average Bonchev–Trinajstić information content (AvgIpc) is 3.44. The molecule has 9 heteroatoms. The molecule has 5 rings (SSSR count). The first-order chi connectivity index (χ1) is 15.4. The van der Waals surface area contributed by atoms with Crippen LogP contribution in [0, 0.1) is 5.82 Å². The van der Waals surface area contributed by atoms with Crippen LogP contribution >= 0.6 is 23.2 Å². The quantitative estimate of drug-likeness (QED) is 0.465. The molecule has 0 bridgehead atoms. The fraction of sp³-hybridized carbons (Fsp3) is 0.435. The second-order valence-corrected chi connectivity index (χ2v) is 9.39. The Morgan fingerprint density at radius 2 is 2.00 bits per heavy atom. The second kappa shape index (κ2) is 8.61. The minimum absolute atomic E-state index is 0.0707. The molecule has 0 aliphatic carbocycles. The summed E-state index contributed by atoms with van der Waals surface area (Å²) in [7, 11) is 2.12. The van der Waals surface area contributed by atoms with Crippen molar-refractivity contribution >= 4 is 28.9 Å². The van der Waals surface area contributed by atoms with Gasteiger partial charge in [-0.25, -0.2) is 4.39 Å². The highest BCUT2D eigenvalue weighted by Gasteiger charge is 2.29. The minimum Gasteiger partial charge on any atom is -0.363 e. The van der Waals surface area contributed by atoms with Gasteiger partial charge in [0, 0.05) is 28.9 Å². The standard InChI is InChI=1S/C23H25Cl2FN6/c1-14(22-16(24)7-8-17(26)23(22)25)31-10-3-5-18-20(31)11-19(29-28-18)15-12-27-32(13-15)21-6-4-9-30(21)2/h7-8,11-14,21H,3-6,9-10H2,1-2H3. The number of fused-ring (bicyclic) bond motifs is 1. The third-order valence-corrected chi connectivity index (χ3v) is 7.33. The zero-order valence-electron chi connectivity index (χ0n) is 18.1. The third-order valence-electron chi connectivity index (χ3n) is 6.62. The number of benzene rings is 1. The predicted octanol–water partition coefficient (Wildman–Crippen LogP) is 5.52. The summed E-state index contributed by atoms with van der Waals surface area (Å²) in [6.45, 7) is 3.88. The van der Waals surface area contributed by atoms with Crippen LogP contribution in [0.5, 0.6) is 0 Å². The molecular weight excluding hydrogens is 450 g/mol. The van der Waals surface area contributed by atoms with Gasteiger partial charge in [0.05, 0.1) is 34.3 Å². The van der Waals surface area contributed by atoms with Gasteiger partial charge in [-0.05, 0) is 64.4 Å². The summed E-state index contributed by atoms with van der Waals surface area (Å²) in [4.78, 5) is 4.50. The van der Waals surface area contributed by atoms with Gasteiger partial charge in [0.15, 0.2) is 0 Å². The molecule has 2 atom stereocenters. The molecule has 1 fully saturated rings. The zero-order chi connectivity index (χ0) is 22.4. The summed E-state index contributed by atoms with van der Waals surface area (Å²) in [6, 6.07) is 4.70. The molecule has 0 radical (unpaired) electrons. The lowest BCUT2D eigenvalue weighted by Gasteiger charge is -2.36. The molecule has 1 saturated heterocycles. The first kappa shape index (κ1) is 21.6. The van der Waals surface area contributed by atoms with E-state index < -0.39 is 5.82 Å². The Morgan fingerprint density at radius 1 is 1.16 bits per heavy atom. The molecule has 1 aromatic carbocycles. The Bertz CT molecular complexity index is 1150. The molecule has 32 heavy (non-hydrogen) atoms. The van der Waals surface area contributed by atoms with Crippen LogP contribution in [0.2, 0.25) is 10.0 Å². The molecule has 2 aromatic heterocycles. The van der Waals surface area contributed by atoms with Crippen molar-refractivity contribution in [3.63, 3.8) is 0 Å². The predicted molar refractivity (Wildman–Crippen MR) is 125 cm³/mol. The van der Waals surface area contributed by atoms with Gasteiger partial charge in [-0.15, -0.1) is 5.10 Å². The van der Waals surface area contributed by atoms with E-state index in [0.29, 0.717) is 10.6 Å². The average molecular weight is 475 g/mol. The van der Waals surface area contributed by atoms with Gasteiger partial charge in [0.2, 0.25) is 0 Å². The summed E-state index contributed by atoms with van der Waals surface area (Å²) >= 11 is 12.7. The van der Waals surface area contributed by atoms with E-state index in [2.05, 4.69) is 38.2 Å². The van der Waals surface area contributed by atoms with E-state index in [-0.39, 0.29) is 17.2 Å². The number of likely N-dealkylation sites (tertiary alicyclic amines) is 1. The fourth-order valence-electron chi connectivity index (χ4n) is 4.86. The lowest BCUT2D eigenvalue weighted by Crippen LogP contribution is -2.33. The van der Waals surface area contributed by atoms with Crippen LogP contribution in [0.3, 0.4) is 0 Å². The van der Waals surface area contributed by atoms with Crippen LogP contribution < -0.4 is 4.90 Å².